The van der Waals surface area contributed by atoms with Crippen LogP contribution in [0.15, 0.2) is 78.9 Å². The van der Waals surface area contributed by atoms with Gasteiger partial charge in [-0.3, -0.25) is 4.79 Å². The molecule has 0 aliphatic carbocycles. The smallest absolute Gasteiger partial charge is 0.339 e. The van der Waals surface area contributed by atoms with Crippen molar-refractivity contribution in [2.75, 3.05) is 18.7 Å². The molecule has 1 unspecified atom stereocenters. The second-order valence-electron chi connectivity index (χ2n) is 7.19. The lowest BCUT2D eigenvalue weighted by Gasteiger charge is -2.18. The van der Waals surface area contributed by atoms with Crippen LogP contribution < -0.4 is 10.1 Å². The average molecular weight is 454 g/mol. The summed E-state index contributed by atoms with van der Waals surface area (Å²) < 4.78 is 33.9. The Bertz CT molecular complexity index is 1210. The first-order chi connectivity index (χ1) is 15.2. The number of rotatable bonds is 8. The van der Waals surface area contributed by atoms with Crippen molar-refractivity contribution in [3.05, 3.63) is 95.6 Å². The predicted octanol–water partition coefficient (Wildman–Crippen LogP) is 3.78. The van der Waals surface area contributed by atoms with Gasteiger partial charge in [0.25, 0.3) is 5.91 Å². The largest absolute Gasteiger partial charge is 0.497 e. The first kappa shape index (κ1) is 23.0. The molecule has 3 rings (SSSR count). The molecule has 32 heavy (non-hydrogen) atoms. The summed E-state index contributed by atoms with van der Waals surface area (Å²) in [6.07, 6.45) is -0.0970. The van der Waals surface area contributed by atoms with E-state index in [9.17, 15) is 18.0 Å². The standard InChI is InChI=1S/C24H23NO6S/c1-30-21-13-7-12-20(15-21)25-23(26)22(18-9-4-3-5-10-18)31-24(27)19-11-6-8-17(14-19)16-32(2,28)29/h3-15,22H,16H2,1-2H3,(H,25,26). The number of carbonyl (C=O) groups is 2. The summed E-state index contributed by atoms with van der Waals surface area (Å²) in [5.41, 5.74) is 1.59. The van der Waals surface area contributed by atoms with Crippen molar-refractivity contribution < 1.29 is 27.5 Å². The summed E-state index contributed by atoms with van der Waals surface area (Å²) in [4.78, 5) is 25.9. The normalized spacial score (nSPS) is 11.9. The van der Waals surface area contributed by atoms with Gasteiger partial charge in [-0.25, -0.2) is 13.2 Å². The Morgan fingerprint density at radius 3 is 2.34 bits per heavy atom. The van der Waals surface area contributed by atoms with E-state index in [-0.39, 0.29) is 11.3 Å². The van der Waals surface area contributed by atoms with Crippen LogP contribution in [-0.2, 0) is 25.1 Å². The van der Waals surface area contributed by atoms with Gasteiger partial charge >= 0.3 is 5.97 Å². The van der Waals surface area contributed by atoms with Crippen LogP contribution in [0.5, 0.6) is 5.75 Å². The van der Waals surface area contributed by atoms with Gasteiger partial charge < -0.3 is 14.8 Å². The zero-order chi connectivity index (χ0) is 23.1. The molecule has 0 aromatic heterocycles. The molecule has 1 N–H and O–H groups in total. The monoisotopic (exact) mass is 453 g/mol. The molecule has 1 amide bonds. The van der Waals surface area contributed by atoms with Crippen LogP contribution >= 0.6 is 0 Å². The second-order valence-corrected chi connectivity index (χ2v) is 9.33. The average Bonchev–Trinajstić information content (AvgIpc) is 2.77. The van der Waals surface area contributed by atoms with Crippen LogP contribution in [-0.4, -0.2) is 33.7 Å². The van der Waals surface area contributed by atoms with E-state index in [2.05, 4.69) is 5.32 Å². The van der Waals surface area contributed by atoms with Crippen LogP contribution in [0.1, 0.15) is 27.6 Å². The molecule has 0 saturated heterocycles. The number of ether oxygens (including phenoxy) is 2. The van der Waals surface area contributed by atoms with Crippen molar-refractivity contribution in [1.82, 2.24) is 0 Å². The summed E-state index contributed by atoms with van der Waals surface area (Å²) in [6, 6.07) is 21.6. The first-order valence-corrected chi connectivity index (χ1v) is 11.8. The molecule has 8 heteroatoms. The minimum Gasteiger partial charge on any atom is -0.497 e. The molecule has 0 fully saturated rings. The summed E-state index contributed by atoms with van der Waals surface area (Å²) in [6.45, 7) is 0. The van der Waals surface area contributed by atoms with Gasteiger partial charge in [-0.05, 0) is 29.8 Å². The van der Waals surface area contributed by atoms with E-state index in [0.29, 0.717) is 22.6 Å². The van der Waals surface area contributed by atoms with Gasteiger partial charge in [0.1, 0.15) is 5.75 Å². The topological polar surface area (TPSA) is 98.8 Å². The summed E-state index contributed by atoms with van der Waals surface area (Å²) >= 11 is 0. The highest BCUT2D eigenvalue weighted by Crippen LogP contribution is 2.24. The van der Waals surface area contributed by atoms with Crippen molar-refractivity contribution in [3.63, 3.8) is 0 Å². The molecular weight excluding hydrogens is 430 g/mol. The van der Waals surface area contributed by atoms with Gasteiger partial charge in [-0.1, -0.05) is 48.5 Å². The lowest BCUT2D eigenvalue weighted by atomic mass is 10.1. The molecular formula is C24H23NO6S. The highest BCUT2D eigenvalue weighted by atomic mass is 32.2. The molecule has 1 atom stereocenters. The number of methoxy groups -OCH3 is 1. The molecule has 166 valence electrons. The molecule has 7 nitrogen and oxygen atoms in total. The van der Waals surface area contributed by atoms with Gasteiger partial charge in [-0.15, -0.1) is 0 Å². The predicted molar refractivity (Wildman–Crippen MR) is 121 cm³/mol. The Hall–Kier alpha value is -3.65. The summed E-state index contributed by atoms with van der Waals surface area (Å²) in [5, 5.41) is 2.74. The highest BCUT2D eigenvalue weighted by Gasteiger charge is 2.26. The van der Waals surface area contributed by atoms with E-state index in [1.54, 1.807) is 66.7 Å². The third-order valence-electron chi connectivity index (χ3n) is 4.49. The molecule has 3 aromatic carbocycles. The van der Waals surface area contributed by atoms with Crippen LogP contribution in [0.4, 0.5) is 5.69 Å². The number of benzene rings is 3. The van der Waals surface area contributed by atoms with Crippen LogP contribution in [0.25, 0.3) is 0 Å². The summed E-state index contributed by atoms with van der Waals surface area (Å²) in [7, 11) is -1.74. The van der Waals surface area contributed by atoms with Crippen LogP contribution in [0.2, 0.25) is 0 Å². The maximum Gasteiger partial charge on any atom is 0.339 e. The molecule has 0 bridgehead atoms. The molecule has 0 aliphatic rings. The fraction of sp³-hybridized carbons (Fsp3) is 0.167. The van der Waals surface area contributed by atoms with Crippen molar-refractivity contribution in [3.8, 4) is 5.75 Å². The van der Waals surface area contributed by atoms with Gasteiger partial charge in [0.2, 0.25) is 6.10 Å². The van der Waals surface area contributed by atoms with Gasteiger partial charge in [0.05, 0.1) is 18.4 Å². The van der Waals surface area contributed by atoms with Crippen molar-refractivity contribution >= 4 is 27.4 Å². The Balaban J connectivity index is 1.84. The maximum absolute atomic E-state index is 13.0. The fourth-order valence-electron chi connectivity index (χ4n) is 3.08. The number of hydrogen-bond donors (Lipinski definition) is 1. The number of carbonyl (C=O) groups excluding carboxylic acids is 2. The second kappa shape index (κ2) is 10.1. The Morgan fingerprint density at radius 1 is 0.938 bits per heavy atom. The van der Waals surface area contributed by atoms with E-state index in [0.717, 1.165) is 6.26 Å². The third-order valence-corrected chi connectivity index (χ3v) is 5.35. The molecule has 0 radical (unpaired) electrons. The minimum atomic E-state index is -3.27. The lowest BCUT2D eigenvalue weighted by molar-refractivity contribution is -0.125. The number of nitrogens with one attached hydrogen (secondary N) is 1. The van der Waals surface area contributed by atoms with Crippen molar-refractivity contribution in [2.24, 2.45) is 0 Å². The van der Waals surface area contributed by atoms with E-state index < -0.39 is 27.8 Å². The van der Waals surface area contributed by atoms with E-state index in [1.807, 2.05) is 0 Å². The SMILES string of the molecule is COc1cccc(NC(=O)C(OC(=O)c2cccc(CS(C)(=O)=O)c2)c2ccccc2)c1. The number of sulfone groups is 1. The third kappa shape index (κ3) is 6.42. The Kier molecular flexibility index (Phi) is 7.27. The van der Waals surface area contributed by atoms with E-state index in [1.165, 1.54) is 19.2 Å². The zero-order valence-corrected chi connectivity index (χ0v) is 18.5. The van der Waals surface area contributed by atoms with Gasteiger partial charge in [0.15, 0.2) is 9.84 Å². The Morgan fingerprint density at radius 2 is 1.66 bits per heavy atom. The van der Waals surface area contributed by atoms with Gasteiger partial charge in [0, 0.05) is 23.6 Å². The lowest BCUT2D eigenvalue weighted by Crippen LogP contribution is -2.26. The van der Waals surface area contributed by atoms with Crippen LogP contribution in [0.3, 0.4) is 0 Å². The maximum atomic E-state index is 13.0. The fourth-order valence-corrected chi connectivity index (χ4v) is 3.86. The molecule has 0 heterocycles. The number of amides is 1. The van der Waals surface area contributed by atoms with Crippen LogP contribution in [0, 0.1) is 0 Å². The molecule has 3 aromatic rings. The van der Waals surface area contributed by atoms with Gasteiger partial charge in [-0.2, -0.15) is 0 Å². The number of esters is 1. The highest BCUT2D eigenvalue weighted by molar-refractivity contribution is 7.89. The summed E-state index contributed by atoms with van der Waals surface area (Å²) in [5.74, 6) is -0.911. The molecule has 0 aliphatic heterocycles. The molecule has 0 spiro atoms. The Labute approximate surface area is 186 Å². The number of hydrogen-bond acceptors (Lipinski definition) is 6. The van der Waals surface area contributed by atoms with E-state index in [4.69, 9.17) is 9.47 Å². The van der Waals surface area contributed by atoms with Crippen molar-refractivity contribution in [2.45, 2.75) is 11.9 Å². The first-order valence-electron chi connectivity index (χ1n) is 9.73. The zero-order valence-electron chi connectivity index (χ0n) is 17.6. The minimum absolute atomic E-state index is 0.154. The van der Waals surface area contributed by atoms with E-state index >= 15 is 0 Å². The molecule has 0 saturated carbocycles. The number of anilines is 1. The quantitative estimate of drug-likeness (QED) is 0.521. The van der Waals surface area contributed by atoms with Crippen molar-refractivity contribution in [1.29, 1.82) is 0 Å².